The summed E-state index contributed by atoms with van der Waals surface area (Å²) in [6.45, 7) is 7.06. The molecule has 13 heteroatoms. The average molecular weight is 660 g/mol. The lowest BCUT2D eigenvalue weighted by Gasteiger charge is -2.38. The quantitative estimate of drug-likeness (QED) is 0.372. The van der Waals surface area contributed by atoms with E-state index in [1.165, 1.54) is 11.8 Å². The molecule has 0 radical (unpaired) electrons. The molecule has 2 N–H and O–H groups in total. The maximum Gasteiger partial charge on any atom is 0.254 e. The van der Waals surface area contributed by atoms with Crippen LogP contribution in [0.3, 0.4) is 0 Å². The molecule has 2 saturated heterocycles. The van der Waals surface area contributed by atoms with Gasteiger partial charge in [0.2, 0.25) is 24.1 Å². The van der Waals surface area contributed by atoms with E-state index in [4.69, 9.17) is 0 Å². The minimum Gasteiger partial charge on any atom is -0.346 e. The van der Waals surface area contributed by atoms with Gasteiger partial charge in [-0.1, -0.05) is 39.0 Å². The highest BCUT2D eigenvalue weighted by molar-refractivity contribution is 6.07. The number of nitrogens with one attached hydrogen (secondary N) is 2. The summed E-state index contributed by atoms with van der Waals surface area (Å²) in [7, 11) is 0. The molecule has 3 heterocycles. The van der Waals surface area contributed by atoms with Crippen LogP contribution in [-0.4, -0.2) is 82.9 Å². The van der Waals surface area contributed by atoms with Gasteiger partial charge in [-0.2, -0.15) is 5.26 Å². The fraction of sp³-hybridized carbons (Fsp3) is 0.676. The second kappa shape index (κ2) is 11.2. The first-order chi connectivity index (χ1) is 21.9. The topological polar surface area (TPSA) is 123 Å². The number of rotatable bonds is 4. The van der Waals surface area contributed by atoms with E-state index in [1.807, 2.05) is 39.0 Å². The first kappa shape index (κ1) is 33.2. The van der Waals surface area contributed by atoms with Crippen molar-refractivity contribution in [2.45, 2.75) is 101 Å². The first-order valence-electron chi connectivity index (χ1n) is 16.2. The molecule has 4 amide bonds. The largest absolute Gasteiger partial charge is 0.346 e. The highest BCUT2D eigenvalue weighted by atomic mass is 19.3. The maximum absolute atomic E-state index is 15.1. The summed E-state index contributed by atoms with van der Waals surface area (Å²) in [5.74, 6) is -4.34. The number of amides is 4. The number of hydrogen-bond donors (Lipinski definition) is 2. The third-order valence-corrected chi connectivity index (χ3v) is 11.3. The predicted octanol–water partition coefficient (Wildman–Crippen LogP) is 4.13. The van der Waals surface area contributed by atoms with Gasteiger partial charge < -0.3 is 20.4 Å². The van der Waals surface area contributed by atoms with Crippen molar-refractivity contribution in [1.29, 1.82) is 5.26 Å². The third kappa shape index (κ3) is 5.45. The predicted molar refractivity (Wildman–Crippen MR) is 162 cm³/mol. The van der Waals surface area contributed by atoms with Gasteiger partial charge in [-0.3, -0.25) is 19.2 Å². The van der Waals surface area contributed by atoms with E-state index in [2.05, 4.69) is 16.7 Å². The number of alkyl halides is 4. The summed E-state index contributed by atoms with van der Waals surface area (Å²) < 4.78 is 50.9. The van der Waals surface area contributed by atoms with E-state index in [0.717, 1.165) is 5.56 Å². The van der Waals surface area contributed by atoms with Gasteiger partial charge in [-0.25, -0.2) is 17.6 Å². The van der Waals surface area contributed by atoms with Crippen molar-refractivity contribution in [2.24, 2.45) is 29.1 Å². The molecule has 7 rings (SSSR count). The summed E-state index contributed by atoms with van der Waals surface area (Å²) in [5.41, 5.74) is -1.83. The summed E-state index contributed by atoms with van der Waals surface area (Å²) in [4.78, 5) is 56.2. The van der Waals surface area contributed by atoms with Crippen LogP contribution in [0.4, 0.5) is 23.2 Å². The van der Waals surface area contributed by atoms with E-state index < -0.39 is 65.5 Å². The molecule has 1 aromatic carbocycles. The van der Waals surface area contributed by atoms with E-state index in [-0.39, 0.29) is 48.5 Å². The second-order valence-electron chi connectivity index (χ2n) is 15.7. The second-order valence-corrected chi connectivity index (χ2v) is 15.7. The number of nitrogens with zero attached hydrogens (tertiary/aromatic N) is 3. The fourth-order valence-electron chi connectivity index (χ4n) is 9.36. The lowest BCUT2D eigenvalue weighted by molar-refractivity contribution is -0.162. The number of carbonyl (C=O) groups excluding carboxylic acids is 4. The van der Waals surface area contributed by atoms with Crippen molar-refractivity contribution >= 4 is 29.8 Å². The number of benzene rings is 1. The molecule has 3 aliphatic heterocycles. The molecular weight excluding hydrogens is 618 g/mol. The van der Waals surface area contributed by atoms with Crippen LogP contribution in [0, 0.1) is 40.4 Å². The lowest BCUT2D eigenvalue weighted by atomic mass is 9.77. The summed E-state index contributed by atoms with van der Waals surface area (Å²) in [6, 6.07) is 6.85. The van der Waals surface area contributed by atoms with Crippen LogP contribution < -0.4 is 10.6 Å². The fourth-order valence-corrected chi connectivity index (χ4v) is 9.36. The summed E-state index contributed by atoms with van der Waals surface area (Å²) >= 11 is 0. The highest BCUT2D eigenvalue weighted by Crippen LogP contribution is 2.59. The van der Waals surface area contributed by atoms with Gasteiger partial charge in [0.25, 0.3) is 5.92 Å². The smallest absolute Gasteiger partial charge is 0.254 e. The van der Waals surface area contributed by atoms with Crippen molar-refractivity contribution in [2.75, 3.05) is 18.4 Å². The molecular formula is C34H41F4N5O4. The lowest BCUT2D eigenvalue weighted by Crippen LogP contribution is -2.58. The van der Waals surface area contributed by atoms with Crippen LogP contribution in [0.1, 0.15) is 65.4 Å². The van der Waals surface area contributed by atoms with Crippen LogP contribution in [0.2, 0.25) is 0 Å². The van der Waals surface area contributed by atoms with E-state index in [0.29, 0.717) is 31.5 Å². The van der Waals surface area contributed by atoms with Gasteiger partial charge in [-0.05, 0) is 60.5 Å². The highest BCUT2D eigenvalue weighted by Gasteiger charge is 2.65. The van der Waals surface area contributed by atoms with Gasteiger partial charge in [0.15, 0.2) is 0 Å². The summed E-state index contributed by atoms with van der Waals surface area (Å²) in [5, 5.41) is 15.7. The monoisotopic (exact) mass is 659 g/mol. The zero-order valence-corrected chi connectivity index (χ0v) is 26.9. The molecule has 1 spiro atoms. The zero-order chi connectivity index (χ0) is 34.3. The van der Waals surface area contributed by atoms with Crippen molar-refractivity contribution in [3.8, 4) is 6.07 Å². The molecule has 1 aromatic rings. The Kier molecular flexibility index (Phi) is 7.91. The Morgan fingerprint density at radius 3 is 2.38 bits per heavy atom. The Labute approximate surface area is 271 Å². The van der Waals surface area contributed by atoms with Crippen molar-refractivity contribution in [3.05, 3.63) is 29.8 Å². The molecule has 9 unspecified atom stereocenters. The SMILES string of the molecule is CC(C)(C)C(NC=O)C(=O)N1CC2C3CC(F)C(C3)C2C1C(=O)N1CC2(CC1C#N)C(=O)Nc1ccccc12.CC1(F)CC(F)(F)C1. The van der Waals surface area contributed by atoms with Gasteiger partial charge >= 0.3 is 0 Å². The van der Waals surface area contributed by atoms with Crippen molar-refractivity contribution in [1.82, 2.24) is 15.1 Å². The van der Waals surface area contributed by atoms with E-state index in [9.17, 15) is 37.6 Å². The minimum atomic E-state index is -2.72. The Morgan fingerprint density at radius 1 is 1.13 bits per heavy atom. The van der Waals surface area contributed by atoms with Gasteiger partial charge in [0.05, 0.1) is 11.5 Å². The van der Waals surface area contributed by atoms with Gasteiger partial charge in [0.1, 0.15) is 30.0 Å². The van der Waals surface area contributed by atoms with E-state index >= 15 is 4.39 Å². The van der Waals surface area contributed by atoms with Crippen molar-refractivity contribution in [3.63, 3.8) is 0 Å². The Hall–Kier alpha value is -3.69. The molecule has 3 aliphatic carbocycles. The number of halogens is 4. The molecule has 5 fully saturated rings. The molecule has 47 heavy (non-hydrogen) atoms. The van der Waals surface area contributed by atoms with Gasteiger partial charge in [-0.15, -0.1) is 0 Å². The molecule has 254 valence electrons. The maximum atomic E-state index is 15.1. The number of anilines is 1. The molecule has 2 bridgehead atoms. The van der Waals surface area contributed by atoms with Crippen LogP contribution in [0.15, 0.2) is 24.3 Å². The normalized spacial score (nSPS) is 36.0. The molecule has 9 atom stereocenters. The van der Waals surface area contributed by atoms with Crippen LogP contribution in [0.5, 0.6) is 0 Å². The average Bonchev–Trinajstić information content (AvgIpc) is 3.76. The first-order valence-corrected chi connectivity index (χ1v) is 16.2. The number of carbonyl (C=O) groups is 4. The standard InChI is InChI=1S/C29H34FN5O4.C5H7F3/c1-28(2,3)24(32-14-36)26(38)34-12-18-15-8-17(20(30)9-15)22(18)23(34)25(37)35-13-29(10-16(35)11-31)19-6-4-5-7-21(19)33-27(29)39;1-4(6)2-5(7,8)3-4/h4-7,14-18,20,22-24H,8-10,12-13H2,1-3H3,(H,32,36)(H,33,39);2-3H2,1H3. The Bertz CT molecular complexity index is 1500. The number of hydrogen-bond acceptors (Lipinski definition) is 5. The van der Waals surface area contributed by atoms with Crippen LogP contribution >= 0.6 is 0 Å². The van der Waals surface area contributed by atoms with Crippen LogP contribution in [-0.2, 0) is 24.6 Å². The zero-order valence-electron chi connectivity index (χ0n) is 26.9. The Morgan fingerprint density at radius 2 is 1.81 bits per heavy atom. The number of fused-ring (bicyclic) bond motifs is 7. The number of likely N-dealkylation sites (tertiary alicyclic amines) is 2. The molecule has 6 aliphatic rings. The number of nitriles is 1. The third-order valence-electron chi connectivity index (χ3n) is 11.3. The minimum absolute atomic E-state index is 0.00986. The van der Waals surface area contributed by atoms with E-state index in [1.54, 1.807) is 11.0 Å². The summed E-state index contributed by atoms with van der Waals surface area (Å²) in [6.07, 6.45) is -0.442. The number of para-hydroxylation sites is 1. The molecule has 3 saturated carbocycles. The van der Waals surface area contributed by atoms with Gasteiger partial charge in [0, 0.05) is 38.0 Å². The molecule has 9 nitrogen and oxygen atoms in total. The van der Waals surface area contributed by atoms with Crippen LogP contribution in [0.25, 0.3) is 0 Å². The Balaban J connectivity index is 0.000000424. The van der Waals surface area contributed by atoms with Crippen molar-refractivity contribution < 1.29 is 36.7 Å². The molecule has 0 aromatic heterocycles.